The first-order valence-corrected chi connectivity index (χ1v) is 8.60. The summed E-state index contributed by atoms with van der Waals surface area (Å²) in [4.78, 5) is 16.9. The van der Waals surface area contributed by atoms with E-state index in [1.54, 1.807) is 6.07 Å². The Morgan fingerprint density at radius 3 is 2.84 bits per heavy atom. The summed E-state index contributed by atoms with van der Waals surface area (Å²) in [6.45, 7) is 1.92. The van der Waals surface area contributed by atoms with E-state index >= 15 is 0 Å². The van der Waals surface area contributed by atoms with Gasteiger partial charge in [-0.3, -0.25) is 4.79 Å². The molecule has 6 nitrogen and oxygen atoms in total. The molecule has 1 aliphatic carbocycles. The van der Waals surface area contributed by atoms with Gasteiger partial charge in [-0.2, -0.15) is 4.98 Å². The summed E-state index contributed by atoms with van der Waals surface area (Å²) < 4.78 is 18.5. The Morgan fingerprint density at radius 1 is 1.44 bits per heavy atom. The molecule has 7 heteroatoms. The summed E-state index contributed by atoms with van der Waals surface area (Å²) in [5, 5.41) is 17.2. The molecule has 134 valence electrons. The van der Waals surface area contributed by atoms with Gasteiger partial charge in [0.1, 0.15) is 11.4 Å². The van der Waals surface area contributed by atoms with Gasteiger partial charge < -0.3 is 14.9 Å². The van der Waals surface area contributed by atoms with Crippen LogP contribution < -0.4 is 5.32 Å². The minimum Gasteiger partial charge on any atom is -0.388 e. The average molecular weight is 347 g/mol. The summed E-state index contributed by atoms with van der Waals surface area (Å²) in [5.41, 5.74) is -0.265. The lowest BCUT2D eigenvalue weighted by atomic mass is 9.95. The minimum atomic E-state index is -1.06. The first-order chi connectivity index (χ1) is 12.0. The summed E-state index contributed by atoms with van der Waals surface area (Å²) in [6, 6.07) is 5.64. The number of hydrogen-bond donors (Lipinski definition) is 2. The summed E-state index contributed by atoms with van der Waals surface area (Å²) in [5.74, 6) is 0.274. The second kappa shape index (κ2) is 7.31. The molecule has 0 aliphatic heterocycles. The highest BCUT2D eigenvalue weighted by atomic mass is 19.1. The van der Waals surface area contributed by atoms with Gasteiger partial charge in [-0.15, -0.1) is 0 Å². The van der Waals surface area contributed by atoms with Gasteiger partial charge in [-0.25, -0.2) is 4.39 Å². The number of nitrogens with zero attached hydrogens (tertiary/aromatic N) is 2. The molecule has 1 heterocycles. The molecule has 1 saturated carbocycles. The highest BCUT2D eigenvalue weighted by molar-refractivity contribution is 5.77. The molecule has 0 radical (unpaired) electrons. The molecule has 1 fully saturated rings. The van der Waals surface area contributed by atoms with E-state index in [9.17, 15) is 14.3 Å². The van der Waals surface area contributed by atoms with Gasteiger partial charge in [-0.1, -0.05) is 37.1 Å². The van der Waals surface area contributed by atoms with E-state index in [1.165, 1.54) is 18.2 Å². The molecule has 0 bridgehead atoms. The molecule has 0 unspecified atom stereocenters. The molecule has 2 N–H and O–H groups in total. The van der Waals surface area contributed by atoms with Crippen LogP contribution in [0.4, 0.5) is 4.39 Å². The molecule has 3 rings (SSSR count). The number of hydrogen-bond acceptors (Lipinski definition) is 5. The fourth-order valence-electron chi connectivity index (χ4n) is 3.30. The number of aliphatic hydroxyl groups is 1. The van der Waals surface area contributed by atoms with Gasteiger partial charge in [0.15, 0.2) is 5.82 Å². The van der Waals surface area contributed by atoms with E-state index in [0.29, 0.717) is 23.7 Å². The van der Waals surface area contributed by atoms with Crippen LogP contribution in [0.3, 0.4) is 0 Å². The molecular formula is C18H22FN3O3. The Balaban J connectivity index is 1.71. The summed E-state index contributed by atoms with van der Waals surface area (Å²) in [7, 11) is 0. The van der Waals surface area contributed by atoms with Gasteiger partial charge in [-0.05, 0) is 30.5 Å². The van der Waals surface area contributed by atoms with Gasteiger partial charge in [0.25, 0.3) is 0 Å². The predicted molar refractivity (Wildman–Crippen MR) is 87.9 cm³/mol. The molecule has 0 saturated heterocycles. The van der Waals surface area contributed by atoms with E-state index in [2.05, 4.69) is 15.5 Å². The molecule has 2 aromatic rings. The van der Waals surface area contributed by atoms with Crippen molar-refractivity contribution in [1.29, 1.82) is 0 Å². The van der Waals surface area contributed by atoms with Crippen LogP contribution in [-0.4, -0.2) is 21.2 Å². The third-order valence-electron chi connectivity index (χ3n) is 4.65. The number of nitrogens with one attached hydrogen (secondary N) is 1. The second-order valence-corrected chi connectivity index (χ2v) is 6.48. The quantitative estimate of drug-likeness (QED) is 0.839. The van der Waals surface area contributed by atoms with Crippen molar-refractivity contribution in [2.45, 2.75) is 57.1 Å². The van der Waals surface area contributed by atoms with E-state index in [-0.39, 0.29) is 12.3 Å². The fraction of sp³-hybridized carbons (Fsp3) is 0.500. The molecule has 25 heavy (non-hydrogen) atoms. The Kier molecular flexibility index (Phi) is 5.13. The van der Waals surface area contributed by atoms with Crippen molar-refractivity contribution in [2.24, 2.45) is 0 Å². The normalized spacial score (nSPS) is 17.4. The van der Waals surface area contributed by atoms with Crippen molar-refractivity contribution in [3.63, 3.8) is 0 Å². The third kappa shape index (κ3) is 3.87. The summed E-state index contributed by atoms with van der Waals surface area (Å²) in [6.07, 6.45) is 2.81. The zero-order valence-corrected chi connectivity index (χ0v) is 14.2. The molecular weight excluding hydrogens is 325 g/mol. The Labute approximate surface area is 145 Å². The number of rotatable bonds is 6. The molecule has 1 atom stereocenters. The van der Waals surface area contributed by atoms with E-state index in [0.717, 1.165) is 25.7 Å². The molecule has 1 aromatic carbocycles. The topological polar surface area (TPSA) is 88.2 Å². The Morgan fingerprint density at radius 2 is 2.20 bits per heavy atom. The fourth-order valence-corrected chi connectivity index (χ4v) is 3.30. The van der Waals surface area contributed by atoms with Crippen LogP contribution in [0.2, 0.25) is 0 Å². The third-order valence-corrected chi connectivity index (χ3v) is 4.65. The molecule has 1 aromatic heterocycles. The van der Waals surface area contributed by atoms with Gasteiger partial charge in [0.05, 0.1) is 12.5 Å². The lowest BCUT2D eigenvalue weighted by Gasteiger charge is -2.27. The minimum absolute atomic E-state index is 0.149. The lowest BCUT2D eigenvalue weighted by Crippen LogP contribution is -2.45. The maximum atomic E-state index is 13.3. The van der Waals surface area contributed by atoms with Crippen molar-refractivity contribution < 1.29 is 18.8 Å². The van der Waals surface area contributed by atoms with Crippen molar-refractivity contribution in [2.75, 3.05) is 0 Å². The van der Waals surface area contributed by atoms with Crippen LogP contribution >= 0.6 is 0 Å². The first-order valence-electron chi connectivity index (χ1n) is 8.60. The van der Waals surface area contributed by atoms with Crippen molar-refractivity contribution in [1.82, 2.24) is 15.5 Å². The molecule has 0 spiro atoms. The zero-order chi connectivity index (χ0) is 17.9. The van der Waals surface area contributed by atoms with Crippen LogP contribution in [0.5, 0.6) is 0 Å². The lowest BCUT2D eigenvalue weighted by molar-refractivity contribution is -0.125. The van der Waals surface area contributed by atoms with Crippen LogP contribution in [0.1, 0.15) is 62.4 Å². The Hall–Kier alpha value is -2.28. The number of aryl methyl sites for hydroxylation is 1. The second-order valence-electron chi connectivity index (χ2n) is 6.48. The standard InChI is InChI=1S/C18H22FN3O3/c1-2-16-20-17(22-25-16)18(8-3-4-9-18)21-15(24)11-14(23)12-6-5-7-13(19)10-12/h5-7,10,14,23H,2-4,8-9,11H2,1H3,(H,21,24)/t14-/m0/s1. The number of carbonyl (C=O) groups is 1. The van der Waals surface area contributed by atoms with Crippen LogP contribution in [0.15, 0.2) is 28.8 Å². The van der Waals surface area contributed by atoms with Crippen LogP contribution in [0.25, 0.3) is 0 Å². The first kappa shape index (κ1) is 17.5. The van der Waals surface area contributed by atoms with E-state index < -0.39 is 17.5 Å². The van der Waals surface area contributed by atoms with Crippen LogP contribution in [0, 0.1) is 5.82 Å². The molecule has 1 aliphatic rings. The maximum absolute atomic E-state index is 13.3. The monoisotopic (exact) mass is 347 g/mol. The maximum Gasteiger partial charge on any atom is 0.226 e. The van der Waals surface area contributed by atoms with Gasteiger partial charge in [0.2, 0.25) is 11.8 Å². The average Bonchev–Trinajstić information content (AvgIpc) is 3.24. The highest BCUT2D eigenvalue weighted by Gasteiger charge is 2.41. The van der Waals surface area contributed by atoms with Gasteiger partial charge >= 0.3 is 0 Å². The number of benzene rings is 1. The largest absolute Gasteiger partial charge is 0.388 e. The summed E-state index contributed by atoms with van der Waals surface area (Å²) >= 11 is 0. The smallest absolute Gasteiger partial charge is 0.226 e. The predicted octanol–water partition coefficient (Wildman–Crippen LogP) is 2.78. The van der Waals surface area contributed by atoms with Crippen molar-refractivity contribution >= 4 is 5.91 Å². The number of carbonyl (C=O) groups excluding carboxylic acids is 1. The molecule has 1 amide bonds. The van der Waals surface area contributed by atoms with E-state index in [1.807, 2.05) is 6.92 Å². The van der Waals surface area contributed by atoms with Crippen LogP contribution in [-0.2, 0) is 16.8 Å². The van der Waals surface area contributed by atoms with Crippen molar-refractivity contribution in [3.05, 3.63) is 47.4 Å². The number of aromatic nitrogens is 2. The zero-order valence-electron chi connectivity index (χ0n) is 14.2. The number of aliphatic hydroxyl groups excluding tert-OH is 1. The van der Waals surface area contributed by atoms with Crippen molar-refractivity contribution in [3.8, 4) is 0 Å². The number of amides is 1. The SMILES string of the molecule is CCc1nc(C2(NC(=O)C[C@H](O)c3cccc(F)c3)CCCC2)no1. The van der Waals surface area contributed by atoms with E-state index in [4.69, 9.17) is 4.52 Å². The van der Waals surface area contributed by atoms with Gasteiger partial charge in [0, 0.05) is 6.42 Å². The highest BCUT2D eigenvalue weighted by Crippen LogP contribution is 2.37. The Bertz CT molecular complexity index is 741. The number of halogens is 1.